The molecule has 0 aromatic heterocycles. The Labute approximate surface area is 211 Å². The number of fused-ring (bicyclic) bond motifs is 3. The van der Waals surface area contributed by atoms with Crippen molar-refractivity contribution >= 4 is 17.8 Å². The molecule has 3 aliphatic rings. The number of hydrogen-bond donors (Lipinski definition) is 4. The highest BCUT2D eigenvalue weighted by Crippen LogP contribution is 2.60. The number of Topliss-reactive ketones (excluding diaryl/α,β-unsaturated/α-hetero) is 1. The highest BCUT2D eigenvalue weighted by Gasteiger charge is 2.66. The fourth-order valence-corrected chi connectivity index (χ4v) is 6.66. The Morgan fingerprint density at radius 1 is 1.11 bits per heavy atom. The van der Waals surface area contributed by atoms with Gasteiger partial charge in [-0.05, 0) is 48.1 Å². The molecule has 2 bridgehead atoms. The molecule has 0 amide bonds. The molecule has 2 fully saturated rings. The number of ketones is 1. The molecular formula is C29H36O7. The summed E-state index contributed by atoms with van der Waals surface area (Å²) in [5.74, 6) is -1.91. The number of carbonyl (C=O) groups excluding carboxylic acids is 2. The average molecular weight is 497 g/mol. The minimum Gasteiger partial charge on any atom is -0.455 e. The van der Waals surface area contributed by atoms with Crippen LogP contribution in [0, 0.1) is 16.7 Å². The zero-order chi connectivity index (χ0) is 26.6. The Morgan fingerprint density at radius 3 is 2.39 bits per heavy atom. The zero-order valence-corrected chi connectivity index (χ0v) is 21.3. The van der Waals surface area contributed by atoms with Gasteiger partial charge in [0.2, 0.25) is 0 Å². The molecule has 7 heteroatoms. The van der Waals surface area contributed by atoms with Crippen LogP contribution in [0.5, 0.6) is 0 Å². The first-order valence-electron chi connectivity index (χ1n) is 12.4. The summed E-state index contributed by atoms with van der Waals surface area (Å²) in [6, 6.07) is 9.29. The lowest BCUT2D eigenvalue weighted by Gasteiger charge is -2.61. The van der Waals surface area contributed by atoms with Crippen molar-refractivity contribution in [2.45, 2.75) is 77.0 Å². The first kappa shape index (κ1) is 26.5. The first-order chi connectivity index (χ1) is 16.8. The molecule has 36 heavy (non-hydrogen) atoms. The number of carbonyl (C=O) groups is 2. The van der Waals surface area contributed by atoms with Gasteiger partial charge in [-0.2, -0.15) is 0 Å². The Hall–Kier alpha value is -2.58. The van der Waals surface area contributed by atoms with Crippen molar-refractivity contribution in [3.8, 4) is 0 Å². The van der Waals surface area contributed by atoms with E-state index in [4.69, 9.17) is 4.74 Å². The minimum atomic E-state index is -1.92. The van der Waals surface area contributed by atoms with Crippen LogP contribution in [0.25, 0.3) is 6.08 Å². The number of allylic oxidation sites excluding steroid dienone is 1. The maximum Gasteiger partial charge on any atom is 0.331 e. The van der Waals surface area contributed by atoms with Crippen molar-refractivity contribution in [3.05, 3.63) is 65.3 Å². The zero-order valence-electron chi connectivity index (χ0n) is 21.3. The summed E-state index contributed by atoms with van der Waals surface area (Å²) in [6.07, 6.45) is -1.78. The molecule has 4 N–H and O–H groups in total. The van der Waals surface area contributed by atoms with Gasteiger partial charge in [-0.1, -0.05) is 57.7 Å². The molecule has 1 aromatic rings. The predicted octanol–water partition coefficient (Wildman–Crippen LogP) is 2.73. The van der Waals surface area contributed by atoms with Gasteiger partial charge in [0.15, 0.2) is 5.78 Å². The summed E-state index contributed by atoms with van der Waals surface area (Å²) >= 11 is 0. The maximum absolute atomic E-state index is 12.9. The van der Waals surface area contributed by atoms with Gasteiger partial charge in [-0.25, -0.2) is 4.79 Å². The fourth-order valence-electron chi connectivity index (χ4n) is 6.66. The second-order valence-electron chi connectivity index (χ2n) is 11.3. The number of benzene rings is 1. The predicted molar refractivity (Wildman–Crippen MR) is 134 cm³/mol. The maximum atomic E-state index is 12.9. The smallest absolute Gasteiger partial charge is 0.331 e. The molecule has 1 aromatic carbocycles. The van der Waals surface area contributed by atoms with Crippen LogP contribution in [0.3, 0.4) is 0 Å². The van der Waals surface area contributed by atoms with Gasteiger partial charge in [0, 0.05) is 29.2 Å². The summed E-state index contributed by atoms with van der Waals surface area (Å²) < 4.78 is 5.69. The van der Waals surface area contributed by atoms with Crippen molar-refractivity contribution < 1.29 is 34.8 Å². The highest BCUT2D eigenvalue weighted by atomic mass is 16.5. The van der Waals surface area contributed by atoms with Crippen LogP contribution in [0.4, 0.5) is 0 Å². The fraction of sp³-hybridized carbons (Fsp3) is 0.517. The van der Waals surface area contributed by atoms with Crippen molar-refractivity contribution in [2.75, 3.05) is 0 Å². The Kier molecular flexibility index (Phi) is 6.67. The molecule has 7 nitrogen and oxygen atoms in total. The van der Waals surface area contributed by atoms with E-state index >= 15 is 0 Å². The number of rotatable bonds is 3. The van der Waals surface area contributed by atoms with Crippen LogP contribution in [-0.4, -0.2) is 62.2 Å². The molecule has 0 saturated heterocycles. The summed E-state index contributed by atoms with van der Waals surface area (Å²) in [4.78, 5) is 25.5. The quantitative estimate of drug-likeness (QED) is 0.288. The third-order valence-electron chi connectivity index (χ3n) is 9.02. The van der Waals surface area contributed by atoms with Gasteiger partial charge >= 0.3 is 5.97 Å². The number of aliphatic hydroxyl groups is 4. The van der Waals surface area contributed by atoms with Gasteiger partial charge in [0.25, 0.3) is 0 Å². The number of aliphatic hydroxyl groups excluding tert-OH is 3. The largest absolute Gasteiger partial charge is 0.455 e. The summed E-state index contributed by atoms with van der Waals surface area (Å²) in [6.45, 7) is 10.8. The van der Waals surface area contributed by atoms with E-state index in [1.165, 1.54) is 6.08 Å². The summed E-state index contributed by atoms with van der Waals surface area (Å²) in [5, 5.41) is 46.4. The molecule has 0 heterocycles. The monoisotopic (exact) mass is 496 g/mol. The van der Waals surface area contributed by atoms with Crippen LogP contribution in [-0.2, 0) is 14.3 Å². The normalized spacial score (nSPS) is 38.4. The summed E-state index contributed by atoms with van der Waals surface area (Å²) in [7, 11) is 0. The second-order valence-corrected chi connectivity index (χ2v) is 11.3. The molecular weight excluding hydrogens is 460 g/mol. The molecule has 0 aliphatic heterocycles. The number of hydrogen-bond acceptors (Lipinski definition) is 7. The van der Waals surface area contributed by atoms with Gasteiger partial charge in [0.05, 0.1) is 12.2 Å². The van der Waals surface area contributed by atoms with E-state index in [1.54, 1.807) is 33.8 Å². The lowest BCUT2D eigenvalue weighted by atomic mass is 9.48. The van der Waals surface area contributed by atoms with Crippen LogP contribution in [0.1, 0.15) is 52.5 Å². The lowest BCUT2D eigenvalue weighted by Crippen LogP contribution is -2.69. The summed E-state index contributed by atoms with van der Waals surface area (Å²) in [5.41, 5.74) is -2.50. The van der Waals surface area contributed by atoms with Crippen molar-refractivity contribution in [1.82, 2.24) is 0 Å². The molecule has 2 saturated carbocycles. The molecule has 0 radical (unpaired) electrons. The van der Waals surface area contributed by atoms with E-state index in [0.717, 1.165) is 5.56 Å². The molecule has 3 aliphatic carbocycles. The standard InChI is InChI=1S/C29H36O7/c1-16-19(30)15-29(35)25(33)23-17(2)20(36-21(31)12-11-18-9-7-6-8-10-18)13-14-28(23,5)26(34)24(32)22(16)27(29,3)4/h6-12,20,23-26,32-35H,2,13-15H2,1,3-5H3/b12-11+/t20-,23-,24+,25-,26-,28+,29+/m0/s1. The molecule has 7 atom stereocenters. The van der Waals surface area contributed by atoms with E-state index in [1.807, 2.05) is 30.3 Å². The van der Waals surface area contributed by atoms with E-state index < -0.39 is 58.5 Å². The number of ether oxygens (including phenoxy) is 1. The van der Waals surface area contributed by atoms with E-state index in [-0.39, 0.29) is 12.0 Å². The minimum absolute atomic E-state index is 0.248. The Bertz CT molecular complexity index is 1130. The lowest BCUT2D eigenvalue weighted by molar-refractivity contribution is -0.216. The van der Waals surface area contributed by atoms with E-state index in [0.29, 0.717) is 24.0 Å². The third kappa shape index (κ3) is 3.89. The average Bonchev–Trinajstić information content (AvgIpc) is 2.83. The Balaban J connectivity index is 1.69. The van der Waals surface area contributed by atoms with Crippen LogP contribution < -0.4 is 0 Å². The van der Waals surface area contributed by atoms with Crippen LogP contribution in [0.2, 0.25) is 0 Å². The van der Waals surface area contributed by atoms with Gasteiger partial charge in [-0.3, -0.25) is 4.79 Å². The third-order valence-corrected chi connectivity index (χ3v) is 9.02. The van der Waals surface area contributed by atoms with Gasteiger partial charge < -0.3 is 25.2 Å². The molecule has 0 spiro atoms. The highest BCUT2D eigenvalue weighted by molar-refractivity contribution is 5.98. The van der Waals surface area contributed by atoms with Crippen LogP contribution in [0.15, 0.2) is 59.7 Å². The van der Waals surface area contributed by atoms with Crippen molar-refractivity contribution in [1.29, 1.82) is 0 Å². The van der Waals surface area contributed by atoms with Crippen molar-refractivity contribution in [3.63, 3.8) is 0 Å². The Morgan fingerprint density at radius 2 is 1.75 bits per heavy atom. The van der Waals surface area contributed by atoms with E-state index in [2.05, 4.69) is 6.58 Å². The molecule has 4 rings (SSSR count). The van der Waals surface area contributed by atoms with E-state index in [9.17, 15) is 30.0 Å². The second kappa shape index (κ2) is 9.06. The van der Waals surface area contributed by atoms with Crippen molar-refractivity contribution in [2.24, 2.45) is 16.7 Å². The molecule has 194 valence electrons. The first-order valence-corrected chi connectivity index (χ1v) is 12.4. The molecule has 0 unspecified atom stereocenters. The topological polar surface area (TPSA) is 124 Å². The SMILES string of the molecule is C=C1[C@@H](OC(=O)/C=C/c2ccccc2)CC[C@@]2(C)[C@@H](O)[C@H](O)C3=C(C)C(=O)C[C@@](O)([C@@H](O)[C@H]12)C3(C)C. The van der Waals surface area contributed by atoms with Gasteiger partial charge in [0.1, 0.15) is 17.8 Å². The number of esters is 1. The van der Waals surface area contributed by atoms with Gasteiger partial charge in [-0.15, -0.1) is 0 Å². The van der Waals surface area contributed by atoms with Crippen LogP contribution >= 0.6 is 0 Å².